The number of nitrogens with zero attached hydrogens (tertiary/aromatic N) is 1. The van der Waals surface area contributed by atoms with E-state index in [0.29, 0.717) is 5.69 Å². The lowest BCUT2D eigenvalue weighted by atomic mass is 9.96. The van der Waals surface area contributed by atoms with Crippen molar-refractivity contribution in [3.8, 4) is 0 Å². The number of hydrogen-bond acceptors (Lipinski definition) is 4. The molecular weight excluding hydrogens is 408 g/mol. The molecule has 0 aromatic heterocycles. The molecule has 6 nitrogen and oxygen atoms in total. The predicted octanol–water partition coefficient (Wildman–Crippen LogP) is 4.05. The molecule has 0 unspecified atom stereocenters. The fourth-order valence-corrected chi connectivity index (χ4v) is 5.72. The van der Waals surface area contributed by atoms with Crippen LogP contribution in [0.15, 0.2) is 64.9 Å². The fourth-order valence-electron chi connectivity index (χ4n) is 3.43. The lowest BCUT2D eigenvalue weighted by Crippen LogP contribution is -2.38. The van der Waals surface area contributed by atoms with Gasteiger partial charge in [-0.15, -0.1) is 0 Å². The van der Waals surface area contributed by atoms with Gasteiger partial charge in [-0.1, -0.05) is 49.6 Å². The van der Waals surface area contributed by atoms with Crippen LogP contribution >= 0.6 is 0 Å². The quantitative estimate of drug-likeness (QED) is 0.712. The maximum atomic E-state index is 12.9. The monoisotopic (exact) mass is 434 g/mol. The molecule has 1 fully saturated rings. The Bertz CT molecular complexity index is 1040. The maximum absolute atomic E-state index is 12.9. The molecule has 1 N–H and O–H groups in total. The summed E-state index contributed by atoms with van der Waals surface area (Å²) in [6.45, 7) is 0. The molecule has 0 aliphatic heterocycles. The van der Waals surface area contributed by atoms with Gasteiger partial charge in [0.05, 0.1) is 10.3 Å². The number of nitrogens with one attached hydrogen (secondary N) is 1. The topological polar surface area (TPSA) is 83.6 Å². The van der Waals surface area contributed by atoms with Crippen LogP contribution < -0.4 is 4.72 Å². The van der Waals surface area contributed by atoms with Crippen molar-refractivity contribution in [1.82, 2.24) is 4.31 Å². The average Bonchev–Trinajstić information content (AvgIpc) is 2.73. The van der Waals surface area contributed by atoms with Gasteiger partial charge in [-0.05, 0) is 48.7 Å². The standard InChI is InChI=1S/C21H26N2O4S2/c1-23(20-10-6-3-7-11-20)29(26,27)21-14-12-19(13-15-21)22-28(24,25)17-16-18-8-4-2-5-9-18/h2,4-5,8-9,12-17,20,22H,3,6-7,10-11H2,1H3/b17-16+. The Morgan fingerprint density at radius 1 is 0.897 bits per heavy atom. The van der Waals surface area contributed by atoms with Crippen molar-refractivity contribution in [3.05, 3.63) is 65.6 Å². The van der Waals surface area contributed by atoms with Gasteiger partial charge in [0.1, 0.15) is 0 Å². The van der Waals surface area contributed by atoms with E-state index in [9.17, 15) is 16.8 Å². The molecule has 2 aromatic rings. The molecule has 0 amide bonds. The largest absolute Gasteiger partial charge is 0.280 e. The second-order valence-electron chi connectivity index (χ2n) is 7.20. The zero-order chi connectivity index (χ0) is 20.9. The Morgan fingerprint density at radius 2 is 1.52 bits per heavy atom. The van der Waals surface area contributed by atoms with Crippen LogP contribution in [-0.4, -0.2) is 34.2 Å². The Hall–Kier alpha value is -2.16. The van der Waals surface area contributed by atoms with E-state index < -0.39 is 20.0 Å². The second kappa shape index (κ2) is 9.11. The molecule has 0 saturated heterocycles. The van der Waals surface area contributed by atoms with Gasteiger partial charge in [0, 0.05) is 18.8 Å². The summed E-state index contributed by atoms with van der Waals surface area (Å²) in [5.74, 6) is 0. The molecule has 1 aliphatic carbocycles. The highest BCUT2D eigenvalue weighted by molar-refractivity contribution is 7.95. The average molecular weight is 435 g/mol. The molecule has 2 aromatic carbocycles. The second-order valence-corrected chi connectivity index (χ2v) is 10.8. The number of anilines is 1. The van der Waals surface area contributed by atoms with Crippen molar-refractivity contribution >= 4 is 31.8 Å². The van der Waals surface area contributed by atoms with E-state index in [1.165, 1.54) is 34.6 Å². The summed E-state index contributed by atoms with van der Waals surface area (Å²) in [4.78, 5) is 0.161. The van der Waals surface area contributed by atoms with Crippen LogP contribution in [0, 0.1) is 0 Å². The van der Waals surface area contributed by atoms with Crippen LogP contribution in [0.3, 0.4) is 0 Å². The minimum Gasteiger partial charge on any atom is -0.280 e. The van der Waals surface area contributed by atoms with Gasteiger partial charge in [-0.25, -0.2) is 16.8 Å². The predicted molar refractivity (Wildman–Crippen MR) is 116 cm³/mol. The summed E-state index contributed by atoms with van der Waals surface area (Å²) in [5, 5.41) is 1.09. The molecule has 0 radical (unpaired) electrons. The van der Waals surface area contributed by atoms with Crippen LogP contribution in [0.5, 0.6) is 0 Å². The maximum Gasteiger partial charge on any atom is 0.255 e. The molecule has 0 spiro atoms. The summed E-state index contributed by atoms with van der Waals surface area (Å²) in [7, 11) is -5.69. The fraction of sp³-hybridized carbons (Fsp3) is 0.333. The molecule has 0 bridgehead atoms. The highest BCUT2D eigenvalue weighted by Gasteiger charge is 2.28. The molecule has 1 saturated carbocycles. The molecule has 29 heavy (non-hydrogen) atoms. The minimum atomic E-state index is -3.71. The van der Waals surface area contributed by atoms with Gasteiger partial charge in [-0.2, -0.15) is 4.31 Å². The van der Waals surface area contributed by atoms with E-state index in [-0.39, 0.29) is 10.9 Å². The van der Waals surface area contributed by atoms with Crippen LogP contribution in [0.25, 0.3) is 6.08 Å². The van der Waals surface area contributed by atoms with E-state index in [2.05, 4.69) is 4.72 Å². The molecule has 156 valence electrons. The first-order valence-electron chi connectivity index (χ1n) is 9.62. The highest BCUT2D eigenvalue weighted by atomic mass is 32.2. The first kappa shape index (κ1) is 21.5. The highest BCUT2D eigenvalue weighted by Crippen LogP contribution is 2.27. The number of sulfonamides is 2. The zero-order valence-electron chi connectivity index (χ0n) is 16.4. The van der Waals surface area contributed by atoms with E-state index in [4.69, 9.17) is 0 Å². The third-order valence-corrected chi connectivity index (χ3v) is 8.06. The van der Waals surface area contributed by atoms with Crippen LogP contribution in [0.1, 0.15) is 37.7 Å². The smallest absolute Gasteiger partial charge is 0.255 e. The zero-order valence-corrected chi connectivity index (χ0v) is 18.0. The first-order valence-corrected chi connectivity index (χ1v) is 12.6. The van der Waals surface area contributed by atoms with Crippen molar-refractivity contribution in [3.63, 3.8) is 0 Å². The normalized spacial score (nSPS) is 16.3. The molecule has 3 rings (SSSR count). The van der Waals surface area contributed by atoms with Crippen LogP contribution in [-0.2, 0) is 20.0 Å². The number of hydrogen-bond donors (Lipinski definition) is 1. The third kappa shape index (κ3) is 5.68. The summed E-state index contributed by atoms with van der Waals surface area (Å²) >= 11 is 0. The van der Waals surface area contributed by atoms with Gasteiger partial charge in [0.25, 0.3) is 10.0 Å². The lowest BCUT2D eigenvalue weighted by Gasteiger charge is -2.30. The molecule has 8 heteroatoms. The third-order valence-electron chi connectivity index (χ3n) is 5.12. The summed E-state index contributed by atoms with van der Waals surface area (Å²) < 4.78 is 54.1. The van der Waals surface area contributed by atoms with Gasteiger partial charge >= 0.3 is 0 Å². The van der Waals surface area contributed by atoms with Crippen molar-refractivity contribution in [1.29, 1.82) is 0 Å². The Balaban J connectivity index is 1.70. The molecule has 0 heterocycles. The first-order chi connectivity index (χ1) is 13.8. The van der Waals surface area contributed by atoms with Crippen LogP contribution in [0.4, 0.5) is 5.69 Å². The van der Waals surface area contributed by atoms with Gasteiger partial charge in [-0.3, -0.25) is 4.72 Å². The summed E-state index contributed by atoms with van der Waals surface area (Å²) in [6.07, 6.45) is 6.49. The SMILES string of the molecule is CN(C1CCCCC1)S(=O)(=O)c1ccc(NS(=O)(=O)/C=C/c2ccccc2)cc1. The van der Waals surface area contributed by atoms with Gasteiger partial charge in [0.15, 0.2) is 0 Å². The van der Waals surface area contributed by atoms with Gasteiger partial charge < -0.3 is 0 Å². The summed E-state index contributed by atoms with van der Waals surface area (Å²) in [6, 6.07) is 14.9. The number of benzene rings is 2. The molecule has 0 atom stereocenters. The Kier molecular flexibility index (Phi) is 6.77. The van der Waals surface area contributed by atoms with E-state index in [1.54, 1.807) is 19.2 Å². The van der Waals surface area contributed by atoms with Crippen molar-refractivity contribution in [2.45, 2.75) is 43.0 Å². The van der Waals surface area contributed by atoms with Crippen molar-refractivity contribution in [2.24, 2.45) is 0 Å². The number of rotatable bonds is 7. The Labute approximate surface area is 173 Å². The van der Waals surface area contributed by atoms with E-state index >= 15 is 0 Å². The Morgan fingerprint density at radius 3 is 2.14 bits per heavy atom. The van der Waals surface area contributed by atoms with E-state index in [1.807, 2.05) is 18.2 Å². The van der Waals surface area contributed by atoms with Crippen molar-refractivity contribution in [2.75, 3.05) is 11.8 Å². The summed E-state index contributed by atoms with van der Waals surface area (Å²) in [5.41, 5.74) is 1.08. The minimum absolute atomic E-state index is 0.0232. The van der Waals surface area contributed by atoms with Crippen LogP contribution in [0.2, 0.25) is 0 Å². The van der Waals surface area contributed by atoms with Gasteiger partial charge in [0.2, 0.25) is 10.0 Å². The van der Waals surface area contributed by atoms with E-state index in [0.717, 1.165) is 43.1 Å². The lowest BCUT2D eigenvalue weighted by molar-refractivity contribution is 0.286. The molecular formula is C21H26N2O4S2. The van der Waals surface area contributed by atoms with Crippen molar-refractivity contribution < 1.29 is 16.8 Å². The molecule has 1 aliphatic rings.